The van der Waals surface area contributed by atoms with E-state index in [9.17, 15) is 13.2 Å². The molecule has 1 unspecified atom stereocenters. The van der Waals surface area contributed by atoms with Crippen LogP contribution in [-0.2, 0) is 5.67 Å². The van der Waals surface area contributed by atoms with Gasteiger partial charge in [-0.25, -0.2) is 14.4 Å². The van der Waals surface area contributed by atoms with Crippen LogP contribution in [0.5, 0.6) is 11.5 Å². The molecular weight excluding hydrogens is 452 g/mol. The standard InChI is InChI=1S/C24H20F4N4O2/c1-33-20-11-18-19(12-21(20)34-2)30-13-31-22(18)32-17-9-5-15(6-10-17)23(25,24(26,27)28)14-3-7-16(29)8-4-14/h3-13H,29H2,1-2H3,(H,30,31,32). The van der Waals surface area contributed by atoms with Crippen molar-refractivity contribution in [1.82, 2.24) is 9.97 Å². The summed E-state index contributed by atoms with van der Waals surface area (Å²) in [5.74, 6) is 1.33. The summed E-state index contributed by atoms with van der Waals surface area (Å²) in [6.07, 6.45) is -3.85. The first-order valence-electron chi connectivity index (χ1n) is 10.0. The summed E-state index contributed by atoms with van der Waals surface area (Å²) in [5, 5.41) is 3.63. The van der Waals surface area contributed by atoms with E-state index in [1.807, 2.05) is 0 Å². The van der Waals surface area contributed by atoms with E-state index in [-0.39, 0.29) is 5.69 Å². The number of aromatic nitrogens is 2. The fourth-order valence-corrected chi connectivity index (χ4v) is 3.61. The highest BCUT2D eigenvalue weighted by Gasteiger charge is 2.58. The number of hydrogen-bond donors (Lipinski definition) is 2. The molecule has 0 fully saturated rings. The largest absolute Gasteiger partial charge is 0.493 e. The fraction of sp³-hybridized carbons (Fsp3) is 0.167. The van der Waals surface area contributed by atoms with Gasteiger partial charge in [-0.2, -0.15) is 13.2 Å². The maximum absolute atomic E-state index is 15.6. The number of nitrogens with zero attached hydrogens (tertiary/aromatic N) is 2. The number of nitrogens with two attached hydrogens (primary N) is 1. The zero-order valence-corrected chi connectivity index (χ0v) is 18.2. The molecule has 4 aromatic rings. The highest BCUT2D eigenvalue weighted by molar-refractivity contribution is 5.93. The number of halogens is 4. The van der Waals surface area contributed by atoms with Crippen molar-refractivity contribution >= 4 is 28.1 Å². The molecule has 0 aliphatic heterocycles. The Labute approximate surface area is 192 Å². The van der Waals surface area contributed by atoms with E-state index in [2.05, 4.69) is 15.3 Å². The lowest BCUT2D eigenvalue weighted by atomic mass is 9.87. The van der Waals surface area contributed by atoms with Crippen molar-refractivity contribution in [3.05, 3.63) is 78.1 Å². The quantitative estimate of drug-likeness (QED) is 0.275. The number of methoxy groups -OCH3 is 2. The van der Waals surface area contributed by atoms with Gasteiger partial charge in [0.25, 0.3) is 5.67 Å². The molecule has 0 amide bonds. The van der Waals surface area contributed by atoms with Crippen LogP contribution in [0, 0.1) is 0 Å². The van der Waals surface area contributed by atoms with Gasteiger partial charge in [-0.15, -0.1) is 0 Å². The molecule has 3 N–H and O–H groups in total. The molecule has 34 heavy (non-hydrogen) atoms. The van der Waals surface area contributed by atoms with Crippen LogP contribution in [0.15, 0.2) is 67.0 Å². The first-order valence-corrected chi connectivity index (χ1v) is 10.0. The average Bonchev–Trinajstić information content (AvgIpc) is 2.83. The summed E-state index contributed by atoms with van der Waals surface area (Å²) in [4.78, 5) is 8.43. The average molecular weight is 472 g/mol. The molecule has 1 heterocycles. The minimum absolute atomic E-state index is 0.235. The Hall–Kier alpha value is -4.08. The van der Waals surface area contributed by atoms with Crippen LogP contribution in [0.25, 0.3) is 10.9 Å². The molecule has 0 radical (unpaired) electrons. The van der Waals surface area contributed by atoms with E-state index in [1.54, 1.807) is 12.1 Å². The lowest BCUT2D eigenvalue weighted by molar-refractivity contribution is -0.219. The van der Waals surface area contributed by atoms with Gasteiger partial charge in [0.05, 0.1) is 19.7 Å². The van der Waals surface area contributed by atoms with Crippen LogP contribution in [0.1, 0.15) is 11.1 Å². The number of ether oxygens (including phenoxy) is 2. The van der Waals surface area contributed by atoms with Gasteiger partial charge in [0.15, 0.2) is 11.5 Å². The molecule has 0 aliphatic carbocycles. The Balaban J connectivity index is 1.70. The Morgan fingerprint density at radius 2 is 1.35 bits per heavy atom. The van der Waals surface area contributed by atoms with Crippen LogP contribution < -0.4 is 20.5 Å². The molecule has 176 valence electrons. The number of anilines is 3. The van der Waals surface area contributed by atoms with Gasteiger partial charge < -0.3 is 20.5 Å². The number of benzene rings is 3. The lowest BCUT2D eigenvalue weighted by Gasteiger charge is -2.29. The maximum Gasteiger partial charge on any atom is 0.431 e. The van der Waals surface area contributed by atoms with Crippen LogP contribution in [0.2, 0.25) is 0 Å². The first-order chi connectivity index (χ1) is 16.2. The Morgan fingerprint density at radius 1 is 0.794 bits per heavy atom. The third-order valence-corrected chi connectivity index (χ3v) is 5.39. The Morgan fingerprint density at radius 3 is 1.91 bits per heavy atom. The molecule has 10 heteroatoms. The number of hydrogen-bond acceptors (Lipinski definition) is 6. The number of rotatable bonds is 6. The van der Waals surface area contributed by atoms with Gasteiger partial charge in [0, 0.05) is 34.0 Å². The first kappa shape index (κ1) is 23.1. The van der Waals surface area contributed by atoms with Gasteiger partial charge in [0.2, 0.25) is 0 Å². The highest BCUT2D eigenvalue weighted by Crippen LogP contribution is 2.48. The van der Waals surface area contributed by atoms with Crippen molar-refractivity contribution in [1.29, 1.82) is 0 Å². The van der Waals surface area contributed by atoms with Crippen molar-refractivity contribution < 1.29 is 27.0 Å². The molecule has 1 atom stereocenters. The predicted octanol–water partition coefficient (Wildman–Crippen LogP) is 5.75. The summed E-state index contributed by atoms with van der Waals surface area (Å²) in [6, 6.07) is 12.7. The van der Waals surface area contributed by atoms with Crippen LogP contribution >= 0.6 is 0 Å². The monoisotopic (exact) mass is 472 g/mol. The summed E-state index contributed by atoms with van der Waals surface area (Å²) < 4.78 is 67.8. The fourth-order valence-electron chi connectivity index (χ4n) is 3.61. The van der Waals surface area contributed by atoms with Crippen LogP contribution in [0.3, 0.4) is 0 Å². The molecule has 0 saturated carbocycles. The summed E-state index contributed by atoms with van der Waals surface area (Å²) in [5.41, 5.74) is 1.93. The predicted molar refractivity (Wildman–Crippen MR) is 121 cm³/mol. The second kappa shape index (κ2) is 8.69. The van der Waals surface area contributed by atoms with Crippen molar-refractivity contribution in [2.24, 2.45) is 0 Å². The minimum Gasteiger partial charge on any atom is -0.493 e. The third kappa shape index (κ3) is 4.02. The van der Waals surface area contributed by atoms with E-state index >= 15 is 4.39 Å². The van der Waals surface area contributed by atoms with Gasteiger partial charge in [-0.1, -0.05) is 24.3 Å². The minimum atomic E-state index is -5.18. The number of nitrogens with one attached hydrogen (secondary N) is 1. The zero-order chi connectivity index (χ0) is 24.5. The molecule has 6 nitrogen and oxygen atoms in total. The van der Waals surface area contributed by atoms with E-state index in [0.29, 0.717) is 33.9 Å². The maximum atomic E-state index is 15.6. The third-order valence-electron chi connectivity index (χ3n) is 5.39. The van der Waals surface area contributed by atoms with Crippen molar-refractivity contribution in [3.8, 4) is 11.5 Å². The van der Waals surface area contributed by atoms with Gasteiger partial charge in [0.1, 0.15) is 12.1 Å². The molecule has 0 aliphatic rings. The Bertz CT molecular complexity index is 1310. The molecular formula is C24H20F4N4O2. The molecule has 0 saturated heterocycles. The van der Waals surface area contributed by atoms with Crippen LogP contribution in [0.4, 0.5) is 34.8 Å². The zero-order valence-electron chi connectivity index (χ0n) is 18.2. The van der Waals surface area contributed by atoms with E-state index < -0.39 is 23.0 Å². The van der Waals surface area contributed by atoms with E-state index in [0.717, 1.165) is 24.3 Å². The van der Waals surface area contributed by atoms with Crippen LogP contribution in [-0.4, -0.2) is 30.4 Å². The second-order valence-corrected chi connectivity index (χ2v) is 7.43. The number of nitrogen functional groups attached to an aromatic ring is 1. The van der Waals surface area contributed by atoms with Gasteiger partial charge in [-0.3, -0.25) is 0 Å². The topological polar surface area (TPSA) is 82.3 Å². The van der Waals surface area contributed by atoms with E-state index in [1.165, 1.54) is 44.8 Å². The molecule has 0 spiro atoms. The van der Waals surface area contributed by atoms with E-state index in [4.69, 9.17) is 15.2 Å². The molecule has 0 bridgehead atoms. The second-order valence-electron chi connectivity index (χ2n) is 7.43. The molecule has 1 aromatic heterocycles. The van der Waals surface area contributed by atoms with Crippen molar-refractivity contribution in [2.75, 3.05) is 25.3 Å². The lowest BCUT2D eigenvalue weighted by Crippen LogP contribution is -2.39. The smallest absolute Gasteiger partial charge is 0.431 e. The summed E-state index contributed by atoms with van der Waals surface area (Å²) in [6.45, 7) is 0. The molecule has 3 aromatic carbocycles. The van der Waals surface area contributed by atoms with Gasteiger partial charge in [-0.05, 0) is 30.3 Å². The number of alkyl halides is 4. The summed E-state index contributed by atoms with van der Waals surface area (Å²) in [7, 11) is 2.99. The Kier molecular flexibility index (Phi) is 5.90. The van der Waals surface area contributed by atoms with Crippen molar-refractivity contribution in [2.45, 2.75) is 11.8 Å². The normalized spacial score (nSPS) is 13.4. The molecule has 4 rings (SSSR count). The van der Waals surface area contributed by atoms with Gasteiger partial charge >= 0.3 is 6.18 Å². The number of fused-ring (bicyclic) bond motifs is 1. The SMILES string of the molecule is COc1cc2ncnc(Nc3ccc(C(F)(c4ccc(N)cc4)C(F)(F)F)cc3)c2cc1OC. The van der Waals surface area contributed by atoms with Crippen molar-refractivity contribution in [3.63, 3.8) is 0 Å². The highest BCUT2D eigenvalue weighted by atomic mass is 19.4. The summed E-state index contributed by atoms with van der Waals surface area (Å²) >= 11 is 0.